The Kier molecular flexibility index (Phi) is 3.85. The number of ketones is 1. The van der Waals surface area contributed by atoms with Gasteiger partial charge in [-0.1, -0.05) is 18.4 Å². The number of nitro benzene ring substituents is 1. The number of carbonyl (C=O) groups excluding carboxylic acids is 1. The maximum atomic E-state index is 11.5. The van der Waals surface area contributed by atoms with Crippen LogP contribution in [0.5, 0.6) is 0 Å². The van der Waals surface area contributed by atoms with Crippen molar-refractivity contribution >= 4 is 30.4 Å². The van der Waals surface area contributed by atoms with Gasteiger partial charge in [0.05, 0.1) is 4.92 Å². The average Bonchev–Trinajstić information content (AvgIpc) is 2.18. The third-order valence-electron chi connectivity index (χ3n) is 1.94. The van der Waals surface area contributed by atoms with Crippen LogP contribution in [0.15, 0.2) is 18.2 Å². The minimum atomic E-state index is -0.592. The van der Waals surface area contributed by atoms with Crippen LogP contribution >= 0.6 is 11.6 Å². The van der Waals surface area contributed by atoms with E-state index in [4.69, 9.17) is 11.6 Å². The summed E-state index contributed by atoms with van der Waals surface area (Å²) in [5, 5.41) is 10.6. The Morgan fingerprint density at radius 2 is 2.27 bits per heavy atom. The molecule has 0 unspecified atom stereocenters. The van der Waals surface area contributed by atoms with Crippen molar-refractivity contribution in [1.82, 2.24) is 0 Å². The Morgan fingerprint density at radius 1 is 1.60 bits per heavy atom. The smallest absolute Gasteiger partial charge is 0.288 e. The van der Waals surface area contributed by atoms with E-state index in [0.29, 0.717) is 11.9 Å². The van der Waals surface area contributed by atoms with Gasteiger partial charge in [-0.25, -0.2) is 0 Å². The van der Waals surface area contributed by atoms with Gasteiger partial charge in [0, 0.05) is 11.6 Å². The van der Waals surface area contributed by atoms with Crippen molar-refractivity contribution < 1.29 is 9.72 Å². The van der Waals surface area contributed by atoms with E-state index in [-0.39, 0.29) is 16.5 Å². The summed E-state index contributed by atoms with van der Waals surface area (Å²) in [4.78, 5) is 21.4. The van der Waals surface area contributed by atoms with Gasteiger partial charge < -0.3 is 0 Å². The predicted octanol–water partition coefficient (Wildman–Crippen LogP) is 2.33. The molecular formula is C9H9BClNO3. The molecule has 0 radical (unpaired) electrons. The monoisotopic (exact) mass is 225 g/mol. The molecule has 6 heteroatoms. The second kappa shape index (κ2) is 4.93. The zero-order valence-electron chi connectivity index (χ0n) is 8.20. The van der Waals surface area contributed by atoms with Crippen LogP contribution in [0, 0.1) is 10.1 Å². The van der Waals surface area contributed by atoms with Crippen LogP contribution in [0.3, 0.4) is 0 Å². The maximum Gasteiger partial charge on any atom is 0.288 e. The van der Waals surface area contributed by atoms with Crippen molar-refractivity contribution in [1.29, 1.82) is 0 Å². The van der Waals surface area contributed by atoms with Gasteiger partial charge in [0.1, 0.15) is 12.3 Å². The minimum Gasteiger partial charge on any atom is -0.295 e. The van der Waals surface area contributed by atoms with Crippen LogP contribution in [0.1, 0.15) is 10.4 Å². The summed E-state index contributed by atoms with van der Waals surface area (Å²) in [7, 11) is 0.718. The largest absolute Gasteiger partial charge is 0.295 e. The summed E-state index contributed by atoms with van der Waals surface area (Å²) in [6, 6.07) is 4.11. The summed E-state index contributed by atoms with van der Waals surface area (Å²) in [6.07, 6.45) is 0.388. The molecule has 4 nitrogen and oxygen atoms in total. The topological polar surface area (TPSA) is 60.2 Å². The molecule has 0 N–H and O–H groups in total. The molecule has 0 amide bonds. The van der Waals surface area contributed by atoms with E-state index in [1.807, 2.05) is 6.82 Å². The normalized spacial score (nSPS) is 9.73. The van der Waals surface area contributed by atoms with Gasteiger partial charge in [0.25, 0.3) is 5.69 Å². The van der Waals surface area contributed by atoms with E-state index < -0.39 is 4.92 Å². The number of hydrogen-bond acceptors (Lipinski definition) is 3. The molecule has 0 bridgehead atoms. The highest BCUT2D eigenvalue weighted by molar-refractivity contribution is 6.41. The van der Waals surface area contributed by atoms with Crippen molar-refractivity contribution in [3.8, 4) is 0 Å². The van der Waals surface area contributed by atoms with Crippen LogP contribution in [0.25, 0.3) is 0 Å². The predicted molar refractivity (Wildman–Crippen MR) is 60.3 cm³/mol. The minimum absolute atomic E-state index is 0.0491. The van der Waals surface area contributed by atoms with Crippen LogP contribution in [0.4, 0.5) is 5.69 Å². The highest BCUT2D eigenvalue weighted by atomic mass is 35.5. The Labute approximate surface area is 92.6 Å². The number of hydrogen-bond donors (Lipinski definition) is 0. The van der Waals surface area contributed by atoms with E-state index in [2.05, 4.69) is 0 Å². The zero-order valence-corrected chi connectivity index (χ0v) is 8.95. The van der Waals surface area contributed by atoms with Crippen molar-refractivity contribution in [2.24, 2.45) is 0 Å². The number of nitrogens with zero attached hydrogens (tertiary/aromatic N) is 1. The molecule has 0 fully saturated rings. The first kappa shape index (κ1) is 11.7. The molecular weight excluding hydrogens is 216 g/mol. The Bertz CT molecular complexity index is 408. The lowest BCUT2D eigenvalue weighted by Gasteiger charge is -2.00. The SMILES string of the molecule is CBCC(=O)c1ccc(Cl)c([N+](=O)[O-])c1. The molecule has 0 heterocycles. The lowest BCUT2D eigenvalue weighted by Crippen LogP contribution is -2.02. The van der Waals surface area contributed by atoms with E-state index in [0.717, 1.165) is 7.28 Å². The van der Waals surface area contributed by atoms with E-state index in [1.165, 1.54) is 18.2 Å². The van der Waals surface area contributed by atoms with Gasteiger partial charge >= 0.3 is 0 Å². The fraction of sp³-hybridized carbons (Fsp3) is 0.222. The molecule has 0 spiro atoms. The van der Waals surface area contributed by atoms with E-state index in [9.17, 15) is 14.9 Å². The van der Waals surface area contributed by atoms with Gasteiger partial charge in [0.15, 0.2) is 5.78 Å². The molecule has 0 saturated carbocycles. The third kappa shape index (κ3) is 2.79. The first-order chi connectivity index (χ1) is 7.06. The molecule has 78 valence electrons. The fourth-order valence-corrected chi connectivity index (χ4v) is 1.38. The summed E-state index contributed by atoms with van der Waals surface area (Å²) >= 11 is 5.62. The molecule has 1 rings (SSSR count). The maximum absolute atomic E-state index is 11.5. The van der Waals surface area contributed by atoms with E-state index >= 15 is 0 Å². The lowest BCUT2D eigenvalue weighted by molar-refractivity contribution is -0.384. The number of halogens is 1. The van der Waals surface area contributed by atoms with Crippen LogP contribution < -0.4 is 0 Å². The molecule has 0 aliphatic rings. The quantitative estimate of drug-likeness (QED) is 0.342. The summed E-state index contributed by atoms with van der Waals surface area (Å²) in [6.45, 7) is 1.88. The van der Waals surface area contributed by atoms with Crippen molar-refractivity contribution in [3.05, 3.63) is 38.9 Å². The third-order valence-corrected chi connectivity index (χ3v) is 2.26. The Morgan fingerprint density at radius 3 is 2.80 bits per heavy atom. The second-order valence-corrected chi connectivity index (χ2v) is 3.50. The highest BCUT2D eigenvalue weighted by Gasteiger charge is 2.15. The average molecular weight is 225 g/mol. The van der Waals surface area contributed by atoms with Gasteiger partial charge in [-0.2, -0.15) is 0 Å². The Hall–Kier alpha value is -1.36. The molecule has 15 heavy (non-hydrogen) atoms. The second-order valence-electron chi connectivity index (χ2n) is 3.10. The molecule has 0 aromatic heterocycles. The standard InChI is InChI=1S/C9H9BClNO3/c1-10-5-9(13)6-2-3-7(11)8(4-6)12(14)15/h2-4,10H,5H2,1H3. The number of benzene rings is 1. The van der Waals surface area contributed by atoms with Crippen molar-refractivity contribution in [2.75, 3.05) is 0 Å². The molecule has 1 aromatic carbocycles. The first-order valence-electron chi connectivity index (χ1n) is 4.53. The highest BCUT2D eigenvalue weighted by Crippen LogP contribution is 2.25. The Balaban J connectivity index is 3.07. The van der Waals surface area contributed by atoms with E-state index in [1.54, 1.807) is 0 Å². The number of Topliss-reactive ketones (excluding diaryl/α,β-unsaturated/α-hetero) is 1. The molecule has 0 atom stereocenters. The van der Waals surface area contributed by atoms with Crippen molar-refractivity contribution in [3.63, 3.8) is 0 Å². The molecule has 1 aromatic rings. The molecule has 0 saturated heterocycles. The van der Waals surface area contributed by atoms with Crippen molar-refractivity contribution in [2.45, 2.75) is 13.1 Å². The van der Waals surface area contributed by atoms with Crippen LogP contribution in [-0.4, -0.2) is 18.0 Å². The summed E-state index contributed by atoms with van der Waals surface area (Å²) < 4.78 is 0. The van der Waals surface area contributed by atoms with Gasteiger partial charge in [-0.15, -0.1) is 0 Å². The summed E-state index contributed by atoms with van der Waals surface area (Å²) in [5.74, 6) is -0.0998. The number of carbonyl (C=O) groups is 1. The number of rotatable bonds is 4. The molecule has 0 aliphatic carbocycles. The summed E-state index contributed by atoms with van der Waals surface area (Å²) in [5.41, 5.74) is 0.117. The molecule has 0 aliphatic heterocycles. The lowest BCUT2D eigenvalue weighted by atomic mass is 9.75. The van der Waals surface area contributed by atoms with Gasteiger partial charge in [0.2, 0.25) is 0 Å². The van der Waals surface area contributed by atoms with Gasteiger partial charge in [-0.05, 0) is 18.5 Å². The first-order valence-corrected chi connectivity index (χ1v) is 4.91. The van der Waals surface area contributed by atoms with Crippen LogP contribution in [-0.2, 0) is 0 Å². The number of nitro groups is 1. The fourth-order valence-electron chi connectivity index (χ4n) is 1.20. The van der Waals surface area contributed by atoms with Gasteiger partial charge in [-0.3, -0.25) is 14.9 Å². The van der Waals surface area contributed by atoms with Crippen LogP contribution in [0.2, 0.25) is 18.2 Å². The zero-order chi connectivity index (χ0) is 11.4.